The number of aromatic nitrogens is 2. The van der Waals surface area contributed by atoms with Crippen LogP contribution in [0.2, 0.25) is 0 Å². The van der Waals surface area contributed by atoms with Crippen LogP contribution in [-0.2, 0) is 17.6 Å². The number of rotatable bonds is 3. The molecule has 3 heterocycles. The molecule has 1 saturated heterocycles. The van der Waals surface area contributed by atoms with Crippen molar-refractivity contribution in [2.45, 2.75) is 51.5 Å². The van der Waals surface area contributed by atoms with E-state index in [1.165, 1.54) is 5.56 Å². The minimum absolute atomic E-state index is 0.00529. The second-order valence-corrected chi connectivity index (χ2v) is 7.76. The molecule has 0 N–H and O–H groups in total. The lowest BCUT2D eigenvalue weighted by atomic mass is 9.98. The van der Waals surface area contributed by atoms with E-state index in [-0.39, 0.29) is 11.9 Å². The van der Waals surface area contributed by atoms with E-state index in [2.05, 4.69) is 18.9 Å². The van der Waals surface area contributed by atoms with E-state index in [0.717, 1.165) is 68.1 Å². The SMILES string of the molecule is Cc1nc([C@@H]2CCCCN2C(=O)Cc2ccccc2)nc2c1CCCN2C. The zero-order chi connectivity index (χ0) is 18.8. The molecule has 1 aromatic carbocycles. The molecule has 1 amide bonds. The molecule has 4 rings (SSSR count). The Bertz CT molecular complexity index is 821. The Balaban J connectivity index is 1.62. The van der Waals surface area contributed by atoms with E-state index in [1.807, 2.05) is 35.2 Å². The molecule has 0 radical (unpaired) electrons. The highest BCUT2D eigenvalue weighted by Gasteiger charge is 2.31. The number of fused-ring (bicyclic) bond motifs is 1. The second-order valence-electron chi connectivity index (χ2n) is 7.76. The van der Waals surface area contributed by atoms with E-state index < -0.39 is 0 Å². The summed E-state index contributed by atoms with van der Waals surface area (Å²) in [6.45, 7) is 3.91. The molecule has 0 aliphatic carbocycles. The van der Waals surface area contributed by atoms with Gasteiger partial charge in [0.05, 0.1) is 12.5 Å². The van der Waals surface area contributed by atoms with Crippen LogP contribution in [0.4, 0.5) is 5.82 Å². The first kappa shape index (κ1) is 18.0. The minimum Gasteiger partial charge on any atom is -0.359 e. The topological polar surface area (TPSA) is 49.3 Å². The van der Waals surface area contributed by atoms with Gasteiger partial charge in [0.15, 0.2) is 5.82 Å². The van der Waals surface area contributed by atoms with Crippen LogP contribution in [0.1, 0.15) is 54.4 Å². The Morgan fingerprint density at radius 2 is 1.93 bits per heavy atom. The van der Waals surface area contributed by atoms with Gasteiger partial charge in [-0.25, -0.2) is 9.97 Å². The lowest BCUT2D eigenvalue weighted by molar-refractivity contribution is -0.134. The summed E-state index contributed by atoms with van der Waals surface area (Å²) in [6, 6.07) is 9.99. The fourth-order valence-electron chi connectivity index (χ4n) is 4.33. The molecule has 2 aliphatic heterocycles. The first-order valence-corrected chi connectivity index (χ1v) is 10.1. The number of piperidine rings is 1. The average Bonchev–Trinajstić information content (AvgIpc) is 2.69. The van der Waals surface area contributed by atoms with E-state index in [4.69, 9.17) is 9.97 Å². The lowest BCUT2D eigenvalue weighted by Crippen LogP contribution is -2.40. The van der Waals surface area contributed by atoms with E-state index in [0.29, 0.717) is 6.42 Å². The van der Waals surface area contributed by atoms with Crippen LogP contribution in [0.25, 0.3) is 0 Å². The molecule has 142 valence electrons. The summed E-state index contributed by atoms with van der Waals surface area (Å²) >= 11 is 0. The molecule has 1 aromatic heterocycles. The normalized spacial score (nSPS) is 19.7. The fraction of sp³-hybridized carbons (Fsp3) is 0.500. The number of benzene rings is 1. The van der Waals surface area contributed by atoms with Gasteiger partial charge >= 0.3 is 0 Å². The molecule has 5 nitrogen and oxygen atoms in total. The van der Waals surface area contributed by atoms with Gasteiger partial charge in [-0.05, 0) is 44.6 Å². The quantitative estimate of drug-likeness (QED) is 0.837. The van der Waals surface area contributed by atoms with E-state index in [9.17, 15) is 4.79 Å². The molecule has 27 heavy (non-hydrogen) atoms. The summed E-state index contributed by atoms with van der Waals surface area (Å²) in [5.41, 5.74) is 3.40. The van der Waals surface area contributed by atoms with Gasteiger partial charge in [-0.1, -0.05) is 30.3 Å². The molecule has 0 unspecified atom stereocenters. The third-order valence-corrected chi connectivity index (χ3v) is 5.81. The number of anilines is 1. The van der Waals surface area contributed by atoms with Crippen molar-refractivity contribution in [3.05, 3.63) is 53.0 Å². The van der Waals surface area contributed by atoms with Crippen LogP contribution >= 0.6 is 0 Å². The number of amides is 1. The largest absolute Gasteiger partial charge is 0.359 e. The van der Waals surface area contributed by atoms with Gasteiger partial charge < -0.3 is 9.80 Å². The predicted molar refractivity (Wildman–Crippen MR) is 107 cm³/mol. The molecular weight excluding hydrogens is 336 g/mol. The van der Waals surface area contributed by atoms with Crippen LogP contribution in [0, 0.1) is 6.92 Å². The molecule has 5 heteroatoms. The van der Waals surface area contributed by atoms with Gasteiger partial charge in [0, 0.05) is 31.4 Å². The van der Waals surface area contributed by atoms with E-state index >= 15 is 0 Å². The highest BCUT2D eigenvalue weighted by molar-refractivity contribution is 5.79. The van der Waals surface area contributed by atoms with Gasteiger partial charge in [0.25, 0.3) is 0 Å². The van der Waals surface area contributed by atoms with Gasteiger partial charge in [0.2, 0.25) is 5.91 Å². The van der Waals surface area contributed by atoms with Crippen LogP contribution in [-0.4, -0.2) is 40.9 Å². The number of nitrogens with zero attached hydrogens (tertiary/aromatic N) is 4. The van der Waals surface area contributed by atoms with Crippen LogP contribution in [0.15, 0.2) is 30.3 Å². The highest BCUT2D eigenvalue weighted by Crippen LogP contribution is 2.33. The number of hydrogen-bond acceptors (Lipinski definition) is 4. The third-order valence-electron chi connectivity index (χ3n) is 5.81. The van der Waals surface area contributed by atoms with Crippen molar-refractivity contribution in [2.75, 3.05) is 25.0 Å². The summed E-state index contributed by atoms with van der Waals surface area (Å²) in [5.74, 6) is 2.06. The highest BCUT2D eigenvalue weighted by atomic mass is 16.2. The monoisotopic (exact) mass is 364 g/mol. The predicted octanol–water partition coefficient (Wildman–Crippen LogP) is 3.46. The zero-order valence-electron chi connectivity index (χ0n) is 16.3. The molecule has 2 aliphatic rings. The summed E-state index contributed by atoms with van der Waals surface area (Å²) < 4.78 is 0. The standard InChI is InChI=1S/C22H28N4O/c1-16-18-11-8-13-25(2)22(18)24-21(23-16)19-12-6-7-14-26(19)20(27)15-17-9-4-3-5-10-17/h3-5,9-10,19H,6-8,11-15H2,1-2H3/t19-/m0/s1. The Labute approximate surface area is 161 Å². The Morgan fingerprint density at radius 3 is 2.74 bits per heavy atom. The van der Waals surface area contributed by atoms with Gasteiger partial charge in [-0.15, -0.1) is 0 Å². The van der Waals surface area contributed by atoms with Crippen LogP contribution in [0.3, 0.4) is 0 Å². The number of carbonyl (C=O) groups is 1. The number of carbonyl (C=O) groups excluding carboxylic acids is 1. The molecular formula is C22H28N4O. The Hall–Kier alpha value is -2.43. The minimum atomic E-state index is -0.00529. The lowest BCUT2D eigenvalue weighted by Gasteiger charge is -2.36. The van der Waals surface area contributed by atoms with Crippen molar-refractivity contribution in [3.8, 4) is 0 Å². The molecule has 0 bridgehead atoms. The number of likely N-dealkylation sites (tertiary alicyclic amines) is 1. The van der Waals surface area contributed by atoms with E-state index in [1.54, 1.807) is 0 Å². The molecule has 0 spiro atoms. The first-order chi connectivity index (χ1) is 13.1. The summed E-state index contributed by atoms with van der Waals surface area (Å²) in [6.07, 6.45) is 5.77. The van der Waals surface area contributed by atoms with Crippen molar-refractivity contribution < 1.29 is 4.79 Å². The van der Waals surface area contributed by atoms with Gasteiger partial charge in [0.1, 0.15) is 5.82 Å². The van der Waals surface area contributed by atoms with Gasteiger partial charge in [-0.3, -0.25) is 4.79 Å². The van der Waals surface area contributed by atoms with Crippen molar-refractivity contribution in [3.63, 3.8) is 0 Å². The second kappa shape index (κ2) is 7.67. The molecule has 1 atom stereocenters. The number of hydrogen-bond donors (Lipinski definition) is 0. The van der Waals surface area contributed by atoms with Crippen molar-refractivity contribution in [2.24, 2.45) is 0 Å². The zero-order valence-corrected chi connectivity index (χ0v) is 16.3. The molecule has 1 fully saturated rings. The summed E-state index contributed by atoms with van der Waals surface area (Å²) in [7, 11) is 2.10. The summed E-state index contributed by atoms with van der Waals surface area (Å²) in [4.78, 5) is 27.1. The van der Waals surface area contributed by atoms with Crippen LogP contribution in [0.5, 0.6) is 0 Å². The maximum atomic E-state index is 13.0. The number of aryl methyl sites for hydroxylation is 1. The first-order valence-electron chi connectivity index (χ1n) is 10.1. The Kier molecular flexibility index (Phi) is 5.10. The van der Waals surface area contributed by atoms with Crippen molar-refractivity contribution >= 4 is 11.7 Å². The fourth-order valence-corrected chi connectivity index (χ4v) is 4.33. The van der Waals surface area contributed by atoms with Gasteiger partial charge in [-0.2, -0.15) is 0 Å². The molecule has 0 saturated carbocycles. The third kappa shape index (κ3) is 3.68. The maximum absolute atomic E-state index is 13.0. The summed E-state index contributed by atoms with van der Waals surface area (Å²) in [5, 5.41) is 0. The van der Waals surface area contributed by atoms with Crippen molar-refractivity contribution in [1.82, 2.24) is 14.9 Å². The average molecular weight is 364 g/mol. The maximum Gasteiger partial charge on any atom is 0.227 e. The molecule has 2 aromatic rings. The Morgan fingerprint density at radius 1 is 1.11 bits per heavy atom. The van der Waals surface area contributed by atoms with Crippen molar-refractivity contribution in [1.29, 1.82) is 0 Å². The smallest absolute Gasteiger partial charge is 0.227 e. The van der Waals surface area contributed by atoms with Crippen LogP contribution < -0.4 is 4.90 Å².